The fraction of sp³-hybridized carbons (Fsp3) is 0.188. The molecule has 0 aliphatic carbocycles. The lowest BCUT2D eigenvalue weighted by Gasteiger charge is -2.07. The van der Waals surface area contributed by atoms with Gasteiger partial charge in [0, 0.05) is 18.0 Å². The minimum atomic E-state index is -0.549. The highest BCUT2D eigenvalue weighted by molar-refractivity contribution is 5.99. The number of oxime groups is 1. The van der Waals surface area contributed by atoms with E-state index in [4.69, 9.17) is 9.57 Å². The lowest BCUT2D eigenvalue weighted by molar-refractivity contribution is 0.0512. The van der Waals surface area contributed by atoms with E-state index in [2.05, 4.69) is 10.1 Å². The molecule has 0 bridgehead atoms. The lowest BCUT2D eigenvalue weighted by Crippen LogP contribution is -2.06. The van der Waals surface area contributed by atoms with Crippen molar-refractivity contribution in [1.29, 1.82) is 0 Å². The third-order valence-corrected chi connectivity index (χ3v) is 2.77. The number of nitrogens with zero attached hydrogens (tertiary/aromatic N) is 2. The van der Waals surface area contributed by atoms with Crippen LogP contribution in [0.2, 0.25) is 0 Å². The summed E-state index contributed by atoms with van der Waals surface area (Å²) in [6, 6.07) is 10.5. The van der Waals surface area contributed by atoms with Gasteiger partial charge in [-0.2, -0.15) is 0 Å². The highest BCUT2D eigenvalue weighted by atomic mass is 16.7. The third-order valence-electron chi connectivity index (χ3n) is 2.77. The Morgan fingerprint density at radius 1 is 1.19 bits per heavy atom. The SMILES string of the molecule is CCOc1ccccc1C(=O)O/N=C(/C)c1ccncc1. The van der Waals surface area contributed by atoms with Crippen molar-refractivity contribution in [2.45, 2.75) is 13.8 Å². The maximum Gasteiger partial charge on any atom is 0.369 e. The van der Waals surface area contributed by atoms with E-state index in [1.54, 1.807) is 55.7 Å². The van der Waals surface area contributed by atoms with Crippen molar-refractivity contribution in [2.75, 3.05) is 6.61 Å². The van der Waals surface area contributed by atoms with Crippen LogP contribution in [0.25, 0.3) is 0 Å². The fourth-order valence-corrected chi connectivity index (χ4v) is 1.72. The molecule has 108 valence electrons. The van der Waals surface area contributed by atoms with Crippen LogP contribution in [0.15, 0.2) is 53.9 Å². The van der Waals surface area contributed by atoms with Gasteiger partial charge in [-0.3, -0.25) is 4.98 Å². The largest absolute Gasteiger partial charge is 0.493 e. The monoisotopic (exact) mass is 284 g/mol. The Morgan fingerprint density at radius 2 is 1.90 bits per heavy atom. The molecule has 0 unspecified atom stereocenters. The molecule has 2 aromatic rings. The van der Waals surface area contributed by atoms with Crippen LogP contribution in [0.3, 0.4) is 0 Å². The summed E-state index contributed by atoms with van der Waals surface area (Å²) in [4.78, 5) is 21.0. The standard InChI is InChI=1S/C16H16N2O3/c1-3-20-15-7-5-4-6-14(15)16(19)21-18-12(2)13-8-10-17-11-9-13/h4-11H,3H2,1-2H3/b18-12-. The predicted molar refractivity (Wildman–Crippen MR) is 79.5 cm³/mol. The van der Waals surface area contributed by atoms with Gasteiger partial charge >= 0.3 is 5.97 Å². The molecule has 0 amide bonds. The summed E-state index contributed by atoms with van der Waals surface area (Å²) in [7, 11) is 0. The second-order valence-electron chi connectivity index (χ2n) is 4.22. The first-order chi connectivity index (χ1) is 10.2. The van der Waals surface area contributed by atoms with Crippen LogP contribution in [0.4, 0.5) is 0 Å². The fourth-order valence-electron chi connectivity index (χ4n) is 1.72. The van der Waals surface area contributed by atoms with Crippen molar-refractivity contribution < 1.29 is 14.4 Å². The van der Waals surface area contributed by atoms with Gasteiger partial charge in [0.2, 0.25) is 0 Å². The van der Waals surface area contributed by atoms with E-state index in [1.807, 2.05) is 6.92 Å². The van der Waals surface area contributed by atoms with E-state index in [1.165, 1.54) is 0 Å². The maximum absolute atomic E-state index is 12.1. The number of carbonyl (C=O) groups is 1. The van der Waals surface area contributed by atoms with E-state index < -0.39 is 5.97 Å². The van der Waals surface area contributed by atoms with E-state index >= 15 is 0 Å². The van der Waals surface area contributed by atoms with Crippen molar-refractivity contribution in [3.8, 4) is 5.75 Å². The lowest BCUT2D eigenvalue weighted by atomic mass is 10.2. The topological polar surface area (TPSA) is 60.8 Å². The minimum Gasteiger partial charge on any atom is -0.493 e. The molecule has 0 atom stereocenters. The highest BCUT2D eigenvalue weighted by Crippen LogP contribution is 2.19. The van der Waals surface area contributed by atoms with E-state index in [-0.39, 0.29) is 0 Å². The summed E-state index contributed by atoms with van der Waals surface area (Å²) in [6.07, 6.45) is 3.31. The van der Waals surface area contributed by atoms with Gasteiger partial charge in [-0.15, -0.1) is 0 Å². The zero-order valence-corrected chi connectivity index (χ0v) is 11.9. The molecular formula is C16H16N2O3. The molecule has 5 heteroatoms. The Labute approximate surface area is 123 Å². The van der Waals surface area contributed by atoms with Crippen molar-refractivity contribution in [2.24, 2.45) is 5.16 Å². The number of hydrogen-bond donors (Lipinski definition) is 0. The molecule has 1 aromatic carbocycles. The van der Waals surface area contributed by atoms with Crippen LogP contribution < -0.4 is 4.74 Å². The summed E-state index contributed by atoms with van der Waals surface area (Å²) in [5.41, 5.74) is 1.79. The second-order valence-corrected chi connectivity index (χ2v) is 4.22. The van der Waals surface area contributed by atoms with E-state index in [0.717, 1.165) is 5.56 Å². The molecule has 0 spiro atoms. The van der Waals surface area contributed by atoms with Gasteiger partial charge in [-0.1, -0.05) is 17.3 Å². The molecule has 21 heavy (non-hydrogen) atoms. The van der Waals surface area contributed by atoms with Crippen molar-refractivity contribution in [3.63, 3.8) is 0 Å². The molecule has 0 fully saturated rings. The molecule has 5 nitrogen and oxygen atoms in total. The van der Waals surface area contributed by atoms with Crippen LogP contribution in [-0.2, 0) is 4.84 Å². The van der Waals surface area contributed by atoms with Gasteiger partial charge in [0.1, 0.15) is 11.3 Å². The number of pyridine rings is 1. The molecule has 0 N–H and O–H groups in total. The smallest absolute Gasteiger partial charge is 0.369 e. The molecular weight excluding hydrogens is 268 g/mol. The number of ether oxygens (including phenoxy) is 1. The van der Waals surface area contributed by atoms with Crippen LogP contribution in [-0.4, -0.2) is 23.3 Å². The Balaban J connectivity index is 2.12. The van der Waals surface area contributed by atoms with Crippen LogP contribution in [0, 0.1) is 0 Å². The molecule has 0 saturated carbocycles. The molecule has 0 radical (unpaired) electrons. The number of rotatable bonds is 5. The van der Waals surface area contributed by atoms with Gasteiger partial charge in [-0.25, -0.2) is 4.79 Å². The molecule has 1 aromatic heterocycles. The summed E-state index contributed by atoms with van der Waals surface area (Å²) in [6.45, 7) is 4.09. The van der Waals surface area contributed by atoms with Crippen LogP contribution in [0.1, 0.15) is 29.8 Å². The van der Waals surface area contributed by atoms with Crippen LogP contribution in [0.5, 0.6) is 5.75 Å². The minimum absolute atomic E-state index is 0.352. The number of para-hydroxylation sites is 1. The zero-order valence-electron chi connectivity index (χ0n) is 11.9. The Bertz CT molecular complexity index is 639. The molecule has 2 rings (SSSR count). The molecule has 0 aliphatic rings. The van der Waals surface area contributed by atoms with Gasteiger partial charge in [-0.05, 0) is 38.1 Å². The van der Waals surface area contributed by atoms with Gasteiger partial charge in [0.05, 0.1) is 12.3 Å². The van der Waals surface area contributed by atoms with Gasteiger partial charge in [0.15, 0.2) is 0 Å². The van der Waals surface area contributed by atoms with E-state index in [0.29, 0.717) is 23.6 Å². The molecule has 0 saturated heterocycles. The number of hydrogen-bond acceptors (Lipinski definition) is 5. The van der Waals surface area contributed by atoms with Gasteiger partial charge < -0.3 is 9.57 Å². The third kappa shape index (κ3) is 3.89. The Morgan fingerprint density at radius 3 is 2.62 bits per heavy atom. The summed E-state index contributed by atoms with van der Waals surface area (Å²) < 4.78 is 5.39. The first-order valence-corrected chi connectivity index (χ1v) is 6.60. The van der Waals surface area contributed by atoms with Crippen molar-refractivity contribution in [1.82, 2.24) is 4.98 Å². The Kier molecular flexibility index (Phi) is 5.04. The van der Waals surface area contributed by atoms with Crippen molar-refractivity contribution >= 4 is 11.7 Å². The first-order valence-electron chi connectivity index (χ1n) is 6.60. The quantitative estimate of drug-likeness (QED) is 0.481. The number of carbonyl (C=O) groups excluding carboxylic acids is 1. The summed E-state index contributed by atoms with van der Waals surface area (Å²) >= 11 is 0. The summed E-state index contributed by atoms with van der Waals surface area (Å²) in [5, 5.41) is 3.86. The average Bonchev–Trinajstić information content (AvgIpc) is 2.54. The first kappa shape index (κ1) is 14.7. The normalized spacial score (nSPS) is 11.0. The highest BCUT2D eigenvalue weighted by Gasteiger charge is 2.13. The number of benzene rings is 1. The molecule has 0 aliphatic heterocycles. The van der Waals surface area contributed by atoms with Gasteiger partial charge in [0.25, 0.3) is 0 Å². The summed E-state index contributed by atoms with van der Waals surface area (Å²) in [5.74, 6) is -0.0609. The Hall–Kier alpha value is -2.69. The molecule has 1 heterocycles. The second kappa shape index (κ2) is 7.19. The van der Waals surface area contributed by atoms with Crippen molar-refractivity contribution in [3.05, 3.63) is 59.9 Å². The maximum atomic E-state index is 12.1. The van der Waals surface area contributed by atoms with Crippen LogP contribution >= 0.6 is 0 Å². The van der Waals surface area contributed by atoms with E-state index in [9.17, 15) is 4.79 Å². The zero-order chi connectivity index (χ0) is 15.1. The predicted octanol–water partition coefficient (Wildman–Crippen LogP) is 3.06. The average molecular weight is 284 g/mol. The number of aromatic nitrogens is 1.